The fourth-order valence-electron chi connectivity index (χ4n) is 1.46. The van der Waals surface area contributed by atoms with Crippen molar-refractivity contribution in [1.82, 2.24) is 10.3 Å². The lowest BCUT2D eigenvalue weighted by Crippen LogP contribution is -2.19. The number of carbonyl (C=O) groups is 1. The van der Waals surface area contributed by atoms with E-state index in [1.807, 2.05) is 29.6 Å². The number of hydrogen-bond donors (Lipinski definition) is 1. The lowest BCUT2D eigenvalue weighted by molar-refractivity contribution is -0.120. The summed E-state index contributed by atoms with van der Waals surface area (Å²) in [6.07, 6.45) is 0.338. The molecular formula is C13H13ClN2OS2. The van der Waals surface area contributed by atoms with Crippen molar-refractivity contribution in [3.8, 4) is 0 Å². The van der Waals surface area contributed by atoms with Gasteiger partial charge >= 0.3 is 0 Å². The summed E-state index contributed by atoms with van der Waals surface area (Å²) in [5, 5.41) is 5.26. The molecule has 3 nitrogen and oxygen atoms in total. The van der Waals surface area contributed by atoms with Gasteiger partial charge in [-0.3, -0.25) is 4.79 Å². The summed E-state index contributed by atoms with van der Waals surface area (Å²) >= 11 is 9.16. The molecule has 0 saturated heterocycles. The second kappa shape index (κ2) is 6.93. The first-order valence-electron chi connectivity index (χ1n) is 5.69. The van der Waals surface area contributed by atoms with Gasteiger partial charge in [0.1, 0.15) is 4.34 Å². The molecule has 1 aromatic carbocycles. The molecule has 0 radical (unpaired) electrons. The number of amides is 1. The Bertz CT molecular complexity index is 571. The molecule has 1 aromatic heterocycles. The highest BCUT2D eigenvalue weighted by Crippen LogP contribution is 2.27. The summed E-state index contributed by atoms with van der Waals surface area (Å²) in [4.78, 5) is 15.7. The molecule has 1 N–H and O–H groups in total. The number of benzene rings is 1. The SMILES string of the molecule is CNC(=O)Cc1csc(SCc2cccc(Cl)c2)n1. The lowest BCUT2D eigenvalue weighted by Gasteiger charge is -1.99. The summed E-state index contributed by atoms with van der Waals surface area (Å²) in [5.41, 5.74) is 1.98. The number of carbonyl (C=O) groups excluding carboxylic acids is 1. The molecule has 1 amide bonds. The van der Waals surface area contributed by atoms with Gasteiger partial charge in [0.15, 0.2) is 0 Å². The Labute approximate surface area is 125 Å². The normalized spacial score (nSPS) is 10.4. The van der Waals surface area contributed by atoms with E-state index in [0.29, 0.717) is 6.42 Å². The lowest BCUT2D eigenvalue weighted by atomic mass is 10.2. The van der Waals surface area contributed by atoms with Gasteiger partial charge in [0.2, 0.25) is 5.91 Å². The maximum atomic E-state index is 11.2. The van der Waals surface area contributed by atoms with Crippen molar-refractivity contribution < 1.29 is 4.79 Å². The number of thioether (sulfide) groups is 1. The van der Waals surface area contributed by atoms with E-state index in [9.17, 15) is 4.79 Å². The van der Waals surface area contributed by atoms with Crippen LogP contribution < -0.4 is 5.32 Å². The van der Waals surface area contributed by atoms with Crippen molar-refractivity contribution >= 4 is 40.6 Å². The standard InChI is InChI=1S/C13H13ClN2OS2/c1-15-12(17)6-11-8-19-13(16-11)18-7-9-3-2-4-10(14)5-9/h2-5,8H,6-7H2,1H3,(H,15,17). The zero-order valence-electron chi connectivity index (χ0n) is 10.4. The highest BCUT2D eigenvalue weighted by Gasteiger charge is 2.07. The van der Waals surface area contributed by atoms with Gasteiger partial charge in [0, 0.05) is 23.2 Å². The minimum atomic E-state index is -0.0170. The summed E-state index contributed by atoms with van der Waals surface area (Å²) in [7, 11) is 1.63. The number of rotatable bonds is 5. The molecular weight excluding hydrogens is 300 g/mol. The van der Waals surface area contributed by atoms with Crippen LogP contribution >= 0.6 is 34.7 Å². The molecule has 100 valence electrons. The number of nitrogens with zero attached hydrogens (tertiary/aromatic N) is 1. The number of nitrogens with one attached hydrogen (secondary N) is 1. The average Bonchev–Trinajstić information content (AvgIpc) is 2.84. The Kier molecular flexibility index (Phi) is 5.24. The van der Waals surface area contributed by atoms with Crippen LogP contribution in [0.3, 0.4) is 0 Å². The third kappa shape index (κ3) is 4.53. The molecule has 6 heteroatoms. The molecule has 0 aliphatic heterocycles. The topological polar surface area (TPSA) is 42.0 Å². The van der Waals surface area contributed by atoms with E-state index in [4.69, 9.17) is 11.6 Å². The van der Waals surface area contributed by atoms with Crippen molar-refractivity contribution in [3.63, 3.8) is 0 Å². The van der Waals surface area contributed by atoms with Crippen molar-refractivity contribution in [2.75, 3.05) is 7.05 Å². The number of halogens is 1. The maximum Gasteiger partial charge on any atom is 0.225 e. The predicted molar refractivity (Wildman–Crippen MR) is 80.9 cm³/mol. The molecule has 0 atom stereocenters. The highest BCUT2D eigenvalue weighted by molar-refractivity contribution is 8.00. The van der Waals surface area contributed by atoms with Crippen LogP contribution in [0.15, 0.2) is 34.0 Å². The van der Waals surface area contributed by atoms with Crippen molar-refractivity contribution in [2.45, 2.75) is 16.5 Å². The Hall–Kier alpha value is -1.04. The third-order valence-electron chi connectivity index (χ3n) is 2.40. The largest absolute Gasteiger partial charge is 0.359 e. The van der Waals surface area contributed by atoms with Crippen LogP contribution in [0.1, 0.15) is 11.3 Å². The molecule has 0 aliphatic carbocycles. The summed E-state index contributed by atoms with van der Waals surface area (Å²) < 4.78 is 0.971. The molecule has 0 aliphatic rings. The molecule has 0 bridgehead atoms. The molecule has 0 saturated carbocycles. The number of likely N-dealkylation sites (N-methyl/N-ethyl adjacent to an activating group) is 1. The molecule has 19 heavy (non-hydrogen) atoms. The second-order valence-electron chi connectivity index (χ2n) is 3.87. The van der Waals surface area contributed by atoms with Crippen LogP contribution in [-0.4, -0.2) is 17.9 Å². The van der Waals surface area contributed by atoms with Gasteiger partial charge in [-0.15, -0.1) is 11.3 Å². The van der Waals surface area contributed by atoms with Gasteiger partial charge in [-0.25, -0.2) is 4.98 Å². The number of hydrogen-bond acceptors (Lipinski definition) is 4. The zero-order chi connectivity index (χ0) is 13.7. The van der Waals surface area contributed by atoms with E-state index < -0.39 is 0 Å². The van der Waals surface area contributed by atoms with Gasteiger partial charge in [0.05, 0.1) is 12.1 Å². The molecule has 1 heterocycles. The third-order valence-corrected chi connectivity index (χ3v) is 4.78. The number of aromatic nitrogens is 1. The fraction of sp³-hybridized carbons (Fsp3) is 0.231. The van der Waals surface area contributed by atoms with Gasteiger partial charge in [-0.05, 0) is 17.7 Å². The first-order valence-corrected chi connectivity index (χ1v) is 7.94. The molecule has 2 aromatic rings. The van der Waals surface area contributed by atoms with Crippen LogP contribution in [0, 0.1) is 0 Å². The second-order valence-corrected chi connectivity index (χ2v) is 6.39. The van der Waals surface area contributed by atoms with Gasteiger partial charge < -0.3 is 5.32 Å². The summed E-state index contributed by atoms with van der Waals surface area (Å²) in [5.74, 6) is 0.810. The minimum absolute atomic E-state index is 0.0170. The van der Waals surface area contributed by atoms with Crippen LogP contribution in [0.2, 0.25) is 5.02 Å². The Morgan fingerprint density at radius 2 is 2.37 bits per heavy atom. The van der Waals surface area contributed by atoms with E-state index in [0.717, 1.165) is 20.8 Å². The van der Waals surface area contributed by atoms with E-state index in [1.54, 1.807) is 30.1 Å². The quantitative estimate of drug-likeness (QED) is 0.861. The van der Waals surface area contributed by atoms with E-state index in [-0.39, 0.29) is 5.91 Å². The fourth-order valence-corrected chi connectivity index (χ4v) is 3.46. The number of thiazole rings is 1. The summed E-state index contributed by atoms with van der Waals surface area (Å²) in [6, 6.07) is 7.79. The van der Waals surface area contributed by atoms with Crippen molar-refractivity contribution in [2.24, 2.45) is 0 Å². The Morgan fingerprint density at radius 1 is 1.53 bits per heavy atom. The smallest absolute Gasteiger partial charge is 0.225 e. The van der Waals surface area contributed by atoms with Crippen LogP contribution in [0.5, 0.6) is 0 Å². The Balaban J connectivity index is 1.91. The van der Waals surface area contributed by atoms with Gasteiger partial charge in [0.25, 0.3) is 0 Å². The molecule has 0 fully saturated rings. The Morgan fingerprint density at radius 3 is 3.11 bits per heavy atom. The van der Waals surface area contributed by atoms with E-state index in [2.05, 4.69) is 10.3 Å². The zero-order valence-corrected chi connectivity index (χ0v) is 12.7. The van der Waals surface area contributed by atoms with Gasteiger partial charge in [-0.1, -0.05) is 35.5 Å². The average molecular weight is 313 g/mol. The van der Waals surface area contributed by atoms with Crippen LogP contribution in [0.25, 0.3) is 0 Å². The van der Waals surface area contributed by atoms with E-state index >= 15 is 0 Å². The maximum absolute atomic E-state index is 11.2. The molecule has 0 unspecified atom stereocenters. The molecule has 0 spiro atoms. The van der Waals surface area contributed by atoms with Crippen molar-refractivity contribution in [1.29, 1.82) is 0 Å². The van der Waals surface area contributed by atoms with E-state index in [1.165, 1.54) is 5.56 Å². The summed E-state index contributed by atoms with van der Waals surface area (Å²) in [6.45, 7) is 0. The van der Waals surface area contributed by atoms with Crippen LogP contribution in [0.4, 0.5) is 0 Å². The molecule has 2 rings (SSSR count). The first kappa shape index (κ1) is 14.4. The highest BCUT2D eigenvalue weighted by atomic mass is 35.5. The van der Waals surface area contributed by atoms with Crippen molar-refractivity contribution in [3.05, 3.63) is 45.9 Å². The monoisotopic (exact) mass is 312 g/mol. The minimum Gasteiger partial charge on any atom is -0.359 e. The van der Waals surface area contributed by atoms with Crippen LogP contribution in [-0.2, 0) is 17.0 Å². The predicted octanol–water partition coefficient (Wildman–Crippen LogP) is 3.38. The first-order chi connectivity index (χ1) is 9.17. The van der Waals surface area contributed by atoms with Gasteiger partial charge in [-0.2, -0.15) is 0 Å².